The number of benzene rings is 1. The molecule has 0 aliphatic carbocycles. The molecule has 8 heteroatoms. The van der Waals surface area contributed by atoms with Crippen molar-refractivity contribution >= 4 is 11.7 Å². The Morgan fingerprint density at radius 2 is 2.00 bits per heavy atom. The number of aromatic nitrogens is 2. The van der Waals surface area contributed by atoms with E-state index in [2.05, 4.69) is 21.4 Å². The number of rotatable bonds is 10. The summed E-state index contributed by atoms with van der Waals surface area (Å²) in [5.74, 6) is -0.142. The highest BCUT2D eigenvalue weighted by molar-refractivity contribution is 5.72. The highest BCUT2D eigenvalue weighted by atomic mass is 16.5. The fraction of sp³-hybridized carbons (Fsp3) is 0.565. The molecule has 3 rings (SSSR count). The first-order chi connectivity index (χ1) is 14.9. The molecule has 1 unspecified atom stereocenters. The molecule has 1 aromatic heterocycles. The second-order valence-electron chi connectivity index (χ2n) is 8.22. The first-order valence-electron chi connectivity index (χ1n) is 10.8. The number of carbonyl (C=O) groups excluding carboxylic acids is 1. The van der Waals surface area contributed by atoms with Crippen LogP contribution in [0.4, 0.5) is 5.69 Å². The number of likely N-dealkylation sites (tertiary alicyclic amines) is 1. The second kappa shape index (κ2) is 11.3. The number of nitrogens with zero attached hydrogens (tertiary/aromatic N) is 3. The van der Waals surface area contributed by atoms with E-state index in [1.54, 1.807) is 0 Å². The van der Waals surface area contributed by atoms with Gasteiger partial charge in [-0.15, -0.1) is 0 Å². The Kier molecular flexibility index (Phi) is 8.45. The predicted molar refractivity (Wildman–Crippen MR) is 119 cm³/mol. The van der Waals surface area contributed by atoms with Gasteiger partial charge in [0.05, 0.1) is 44.6 Å². The lowest BCUT2D eigenvalue weighted by atomic mass is 9.97. The van der Waals surface area contributed by atoms with Crippen LogP contribution in [0.5, 0.6) is 0 Å². The van der Waals surface area contributed by atoms with Gasteiger partial charge < -0.3 is 24.8 Å². The van der Waals surface area contributed by atoms with Gasteiger partial charge >= 0.3 is 5.97 Å². The topological polar surface area (TPSA) is 88.9 Å². The number of hydrogen-bond acceptors (Lipinski definition) is 7. The van der Waals surface area contributed by atoms with E-state index in [1.165, 1.54) is 7.11 Å². The Morgan fingerprint density at radius 3 is 2.61 bits per heavy atom. The highest BCUT2D eigenvalue weighted by Crippen LogP contribution is 2.18. The molecule has 0 spiro atoms. The van der Waals surface area contributed by atoms with Crippen molar-refractivity contribution < 1.29 is 19.4 Å². The summed E-state index contributed by atoms with van der Waals surface area (Å²) in [5.41, 5.74) is 4.24. The Labute approximate surface area is 184 Å². The van der Waals surface area contributed by atoms with E-state index in [4.69, 9.17) is 9.47 Å². The number of piperidine rings is 1. The van der Waals surface area contributed by atoms with Crippen LogP contribution in [-0.4, -0.2) is 65.2 Å². The number of carbonyl (C=O) groups is 1. The number of anilines is 1. The van der Waals surface area contributed by atoms with Crippen LogP contribution in [-0.2, 0) is 34.5 Å². The van der Waals surface area contributed by atoms with Crippen molar-refractivity contribution in [3.63, 3.8) is 0 Å². The van der Waals surface area contributed by atoms with Crippen LogP contribution in [0.2, 0.25) is 0 Å². The minimum Gasteiger partial charge on any atom is -0.469 e. The minimum atomic E-state index is -0.544. The van der Waals surface area contributed by atoms with Gasteiger partial charge in [-0.25, -0.2) is 0 Å². The van der Waals surface area contributed by atoms with E-state index in [9.17, 15) is 9.90 Å². The molecule has 0 amide bonds. The summed E-state index contributed by atoms with van der Waals surface area (Å²) in [4.78, 5) is 13.8. The van der Waals surface area contributed by atoms with Gasteiger partial charge in [-0.1, -0.05) is 12.1 Å². The van der Waals surface area contributed by atoms with E-state index >= 15 is 0 Å². The molecule has 1 atom stereocenters. The van der Waals surface area contributed by atoms with Crippen LogP contribution in [0.3, 0.4) is 0 Å². The molecule has 1 aliphatic heterocycles. The first-order valence-corrected chi connectivity index (χ1v) is 10.8. The average molecular weight is 431 g/mol. The Bertz CT molecular complexity index is 809. The quantitative estimate of drug-likeness (QED) is 0.558. The molecular formula is C23H34N4O4. The zero-order valence-corrected chi connectivity index (χ0v) is 18.7. The Balaban J connectivity index is 1.32. The van der Waals surface area contributed by atoms with Crippen molar-refractivity contribution in [3.05, 3.63) is 47.3 Å². The molecular weight excluding hydrogens is 396 g/mol. The molecule has 0 saturated carbocycles. The average Bonchev–Trinajstić information content (AvgIpc) is 3.10. The molecule has 8 nitrogen and oxygen atoms in total. The standard InChI is InChI=1S/C23H34N4O4/c1-17-12-21(25-26(17)2)13-24-20-6-4-18(5-7-20)15-31-16-22(28)14-27-10-8-19(9-11-27)23(29)30-3/h4-7,12,19,22,24,28H,8-11,13-16H2,1-3H3. The number of nitrogens with one attached hydrogen (secondary N) is 1. The fourth-order valence-electron chi connectivity index (χ4n) is 3.81. The van der Waals surface area contributed by atoms with E-state index in [0.29, 0.717) is 19.7 Å². The number of esters is 1. The van der Waals surface area contributed by atoms with Gasteiger partial charge in [0.1, 0.15) is 0 Å². The molecule has 170 valence electrons. The van der Waals surface area contributed by atoms with E-state index in [0.717, 1.165) is 48.6 Å². The predicted octanol–water partition coefficient (Wildman–Crippen LogP) is 2.10. The molecule has 31 heavy (non-hydrogen) atoms. The summed E-state index contributed by atoms with van der Waals surface area (Å²) in [7, 11) is 3.38. The number of aryl methyl sites for hydroxylation is 2. The van der Waals surface area contributed by atoms with Crippen LogP contribution in [0.15, 0.2) is 30.3 Å². The highest BCUT2D eigenvalue weighted by Gasteiger charge is 2.26. The third-order valence-electron chi connectivity index (χ3n) is 5.76. The zero-order valence-electron chi connectivity index (χ0n) is 18.7. The third-order valence-corrected chi connectivity index (χ3v) is 5.76. The number of aliphatic hydroxyl groups excluding tert-OH is 1. The van der Waals surface area contributed by atoms with Crippen LogP contribution in [0.25, 0.3) is 0 Å². The summed E-state index contributed by atoms with van der Waals surface area (Å²) in [6.07, 6.45) is 1.01. The lowest BCUT2D eigenvalue weighted by molar-refractivity contribution is -0.147. The lowest BCUT2D eigenvalue weighted by Crippen LogP contribution is -2.41. The van der Waals surface area contributed by atoms with Crippen molar-refractivity contribution in [2.45, 2.75) is 39.0 Å². The van der Waals surface area contributed by atoms with Gasteiger partial charge in [-0.2, -0.15) is 5.10 Å². The molecule has 0 bridgehead atoms. The molecule has 2 N–H and O–H groups in total. The number of hydrogen-bond donors (Lipinski definition) is 2. The fourth-order valence-corrected chi connectivity index (χ4v) is 3.81. The third kappa shape index (κ3) is 7.05. The smallest absolute Gasteiger partial charge is 0.308 e. The normalized spacial score (nSPS) is 16.3. The van der Waals surface area contributed by atoms with Gasteiger partial charge in [-0.3, -0.25) is 9.48 Å². The molecule has 1 fully saturated rings. The summed E-state index contributed by atoms with van der Waals surface area (Å²) >= 11 is 0. The van der Waals surface area contributed by atoms with Gasteiger partial charge in [0.25, 0.3) is 0 Å². The van der Waals surface area contributed by atoms with Crippen molar-refractivity contribution in [1.82, 2.24) is 14.7 Å². The molecule has 0 radical (unpaired) electrons. The summed E-state index contributed by atoms with van der Waals surface area (Å²) in [5, 5.41) is 18.1. The number of β-amino-alcohol motifs (C(OH)–C–C–N with tert-alkyl or cyclic N) is 1. The number of aliphatic hydroxyl groups is 1. The number of ether oxygens (including phenoxy) is 2. The molecule has 2 heterocycles. The Morgan fingerprint density at radius 1 is 1.29 bits per heavy atom. The van der Waals surface area contributed by atoms with E-state index < -0.39 is 6.10 Å². The molecule has 1 aliphatic rings. The van der Waals surface area contributed by atoms with Crippen molar-refractivity contribution in [2.75, 3.05) is 38.7 Å². The van der Waals surface area contributed by atoms with Crippen molar-refractivity contribution in [3.8, 4) is 0 Å². The maximum atomic E-state index is 11.6. The molecule has 2 aromatic rings. The van der Waals surface area contributed by atoms with Crippen molar-refractivity contribution in [2.24, 2.45) is 13.0 Å². The van der Waals surface area contributed by atoms with Gasteiger partial charge in [0.2, 0.25) is 0 Å². The van der Waals surface area contributed by atoms with Crippen LogP contribution >= 0.6 is 0 Å². The lowest BCUT2D eigenvalue weighted by Gasteiger charge is -2.31. The first kappa shape index (κ1) is 23.2. The van der Waals surface area contributed by atoms with Gasteiger partial charge in [0, 0.05) is 25.0 Å². The monoisotopic (exact) mass is 430 g/mol. The minimum absolute atomic E-state index is 0.0137. The summed E-state index contributed by atoms with van der Waals surface area (Å²) in [6.45, 7) is 5.61. The van der Waals surface area contributed by atoms with E-state index in [-0.39, 0.29) is 18.5 Å². The van der Waals surface area contributed by atoms with E-state index in [1.807, 2.05) is 42.9 Å². The SMILES string of the molecule is COC(=O)C1CCN(CC(O)COCc2ccc(NCc3cc(C)n(C)n3)cc2)CC1. The Hall–Kier alpha value is -2.42. The van der Waals surface area contributed by atoms with Crippen LogP contribution in [0, 0.1) is 12.8 Å². The zero-order chi connectivity index (χ0) is 22.2. The second-order valence-corrected chi connectivity index (χ2v) is 8.22. The molecule has 1 aromatic carbocycles. The summed E-state index contributed by atoms with van der Waals surface area (Å²) < 4.78 is 12.4. The largest absolute Gasteiger partial charge is 0.469 e. The van der Waals surface area contributed by atoms with Crippen LogP contribution in [0.1, 0.15) is 29.8 Å². The van der Waals surface area contributed by atoms with Crippen LogP contribution < -0.4 is 5.32 Å². The summed E-state index contributed by atoms with van der Waals surface area (Å²) in [6, 6.07) is 10.2. The van der Waals surface area contributed by atoms with Gasteiger partial charge in [-0.05, 0) is 56.6 Å². The maximum Gasteiger partial charge on any atom is 0.308 e. The molecule has 1 saturated heterocycles. The maximum absolute atomic E-state index is 11.6. The van der Waals surface area contributed by atoms with Gasteiger partial charge in [0.15, 0.2) is 0 Å². The number of methoxy groups -OCH3 is 1. The van der Waals surface area contributed by atoms with Crippen molar-refractivity contribution in [1.29, 1.82) is 0 Å².